The standard InChI is InChI=1S/C25H25ClN2O4/c1-16-6-2-4-8-20(16)24(30)21-13-12-18(14-22(21)26)27-23-9-5-3-7-17(23)10-11-19(15-29)28-25(31)32/h2-9,12-14,19,27-29H,10-11,15H2,1H3,(H,31,32)/t19-/m1/s1. The van der Waals surface area contributed by atoms with Crippen LogP contribution in [0.5, 0.6) is 0 Å². The molecule has 0 unspecified atom stereocenters. The first-order valence-electron chi connectivity index (χ1n) is 10.2. The van der Waals surface area contributed by atoms with Crippen LogP contribution < -0.4 is 10.6 Å². The van der Waals surface area contributed by atoms with E-state index >= 15 is 0 Å². The van der Waals surface area contributed by atoms with Gasteiger partial charge in [-0.15, -0.1) is 0 Å². The van der Waals surface area contributed by atoms with E-state index in [1.165, 1.54) is 0 Å². The zero-order chi connectivity index (χ0) is 23.1. The highest BCUT2D eigenvalue weighted by molar-refractivity contribution is 6.35. The monoisotopic (exact) mass is 452 g/mol. The second-order valence-corrected chi connectivity index (χ2v) is 7.90. The molecule has 0 radical (unpaired) electrons. The van der Waals surface area contributed by atoms with E-state index < -0.39 is 12.1 Å². The van der Waals surface area contributed by atoms with Gasteiger partial charge in [0.15, 0.2) is 5.78 Å². The Morgan fingerprint density at radius 1 is 1.00 bits per heavy atom. The van der Waals surface area contributed by atoms with Gasteiger partial charge in [-0.25, -0.2) is 4.79 Å². The molecule has 7 heteroatoms. The number of ketones is 1. The van der Waals surface area contributed by atoms with Crippen LogP contribution in [0.4, 0.5) is 16.2 Å². The summed E-state index contributed by atoms with van der Waals surface area (Å²) in [4.78, 5) is 23.7. The number of aliphatic hydroxyl groups is 1. The maximum absolute atomic E-state index is 12.9. The Morgan fingerprint density at radius 2 is 1.72 bits per heavy atom. The number of para-hydroxylation sites is 1. The molecule has 0 bridgehead atoms. The Bertz CT molecular complexity index is 1120. The Labute approximate surface area is 191 Å². The number of carbonyl (C=O) groups is 2. The number of halogens is 1. The van der Waals surface area contributed by atoms with E-state index in [-0.39, 0.29) is 12.4 Å². The maximum atomic E-state index is 12.9. The molecule has 1 amide bonds. The van der Waals surface area contributed by atoms with Gasteiger partial charge in [0.05, 0.1) is 17.7 Å². The van der Waals surface area contributed by atoms with Crippen molar-refractivity contribution >= 4 is 34.9 Å². The van der Waals surface area contributed by atoms with E-state index in [0.29, 0.717) is 29.0 Å². The van der Waals surface area contributed by atoms with Crippen LogP contribution in [-0.4, -0.2) is 34.7 Å². The van der Waals surface area contributed by atoms with Gasteiger partial charge in [-0.1, -0.05) is 54.1 Å². The van der Waals surface area contributed by atoms with Crippen LogP contribution in [-0.2, 0) is 6.42 Å². The van der Waals surface area contributed by atoms with Crippen LogP contribution in [0.1, 0.15) is 33.5 Å². The fourth-order valence-electron chi connectivity index (χ4n) is 3.48. The zero-order valence-corrected chi connectivity index (χ0v) is 18.4. The van der Waals surface area contributed by atoms with E-state index in [1.807, 2.05) is 49.4 Å². The number of carbonyl (C=O) groups excluding carboxylic acids is 1. The van der Waals surface area contributed by atoms with Crippen molar-refractivity contribution in [2.24, 2.45) is 0 Å². The largest absolute Gasteiger partial charge is 0.465 e. The van der Waals surface area contributed by atoms with Crippen molar-refractivity contribution in [2.45, 2.75) is 25.8 Å². The Balaban J connectivity index is 1.76. The third-order valence-electron chi connectivity index (χ3n) is 5.21. The molecular weight excluding hydrogens is 428 g/mol. The van der Waals surface area contributed by atoms with E-state index in [9.17, 15) is 14.7 Å². The van der Waals surface area contributed by atoms with E-state index in [4.69, 9.17) is 16.7 Å². The van der Waals surface area contributed by atoms with Crippen LogP contribution in [0.25, 0.3) is 0 Å². The fourth-order valence-corrected chi connectivity index (χ4v) is 3.75. The van der Waals surface area contributed by atoms with Crippen molar-refractivity contribution < 1.29 is 19.8 Å². The molecule has 0 aliphatic rings. The van der Waals surface area contributed by atoms with Crippen molar-refractivity contribution in [3.05, 3.63) is 94.0 Å². The summed E-state index contributed by atoms with van der Waals surface area (Å²) in [5.74, 6) is -0.124. The summed E-state index contributed by atoms with van der Waals surface area (Å²) in [6.45, 7) is 1.62. The summed E-state index contributed by atoms with van der Waals surface area (Å²) in [5.41, 5.74) is 4.48. The number of aryl methyl sites for hydroxylation is 2. The van der Waals surface area contributed by atoms with Crippen LogP contribution in [0.3, 0.4) is 0 Å². The molecule has 3 rings (SSSR count). The second kappa shape index (κ2) is 10.8. The molecule has 0 heterocycles. The van der Waals surface area contributed by atoms with Crippen LogP contribution in [0.15, 0.2) is 66.7 Å². The molecular formula is C25H25ClN2O4. The minimum Gasteiger partial charge on any atom is -0.465 e. The number of amides is 1. The van der Waals surface area contributed by atoms with Gasteiger partial charge >= 0.3 is 6.09 Å². The zero-order valence-electron chi connectivity index (χ0n) is 17.6. The number of carboxylic acid groups (broad SMARTS) is 1. The van der Waals surface area contributed by atoms with E-state index in [2.05, 4.69) is 10.6 Å². The Kier molecular flexibility index (Phi) is 7.87. The molecule has 3 aromatic rings. The van der Waals surface area contributed by atoms with E-state index in [1.54, 1.807) is 24.3 Å². The highest BCUT2D eigenvalue weighted by Crippen LogP contribution is 2.28. The number of nitrogens with one attached hydrogen (secondary N) is 2. The molecule has 0 saturated heterocycles. The number of hydrogen-bond acceptors (Lipinski definition) is 4. The average molecular weight is 453 g/mol. The Morgan fingerprint density at radius 3 is 2.41 bits per heavy atom. The first-order chi connectivity index (χ1) is 15.4. The number of anilines is 2. The van der Waals surface area contributed by atoms with Crippen molar-refractivity contribution in [1.29, 1.82) is 0 Å². The molecule has 0 aliphatic heterocycles. The highest BCUT2D eigenvalue weighted by Gasteiger charge is 2.16. The topological polar surface area (TPSA) is 98.7 Å². The fraction of sp³-hybridized carbons (Fsp3) is 0.200. The first kappa shape index (κ1) is 23.3. The predicted molar refractivity (Wildman–Crippen MR) is 126 cm³/mol. The second-order valence-electron chi connectivity index (χ2n) is 7.49. The smallest absolute Gasteiger partial charge is 0.404 e. The molecule has 0 aromatic heterocycles. The minimum atomic E-state index is -1.16. The quantitative estimate of drug-likeness (QED) is 0.335. The molecule has 4 N–H and O–H groups in total. The summed E-state index contributed by atoms with van der Waals surface area (Å²) in [5, 5.41) is 24.2. The minimum absolute atomic E-state index is 0.124. The normalized spacial score (nSPS) is 11.6. The first-order valence-corrected chi connectivity index (χ1v) is 10.6. The lowest BCUT2D eigenvalue weighted by Gasteiger charge is -2.17. The highest BCUT2D eigenvalue weighted by atomic mass is 35.5. The van der Waals surface area contributed by atoms with E-state index in [0.717, 1.165) is 22.5 Å². The van der Waals surface area contributed by atoms with Gasteiger partial charge in [0, 0.05) is 22.5 Å². The molecule has 32 heavy (non-hydrogen) atoms. The van der Waals surface area contributed by atoms with Crippen molar-refractivity contribution in [2.75, 3.05) is 11.9 Å². The molecule has 0 fully saturated rings. The van der Waals surface area contributed by atoms with Gasteiger partial charge in [0.1, 0.15) is 0 Å². The third-order valence-corrected chi connectivity index (χ3v) is 5.52. The Hall–Kier alpha value is -3.35. The molecule has 0 aliphatic carbocycles. The van der Waals surface area contributed by atoms with Crippen LogP contribution in [0, 0.1) is 6.92 Å². The summed E-state index contributed by atoms with van der Waals surface area (Å²) in [7, 11) is 0. The lowest BCUT2D eigenvalue weighted by atomic mass is 9.99. The van der Waals surface area contributed by atoms with Crippen molar-refractivity contribution in [1.82, 2.24) is 5.32 Å². The molecule has 3 aromatic carbocycles. The van der Waals surface area contributed by atoms with Gasteiger partial charge in [-0.3, -0.25) is 4.79 Å². The lowest BCUT2D eigenvalue weighted by Crippen LogP contribution is -2.36. The summed E-state index contributed by atoms with van der Waals surface area (Å²) < 4.78 is 0. The van der Waals surface area contributed by atoms with Crippen LogP contribution >= 0.6 is 11.6 Å². The number of benzene rings is 3. The number of aliphatic hydroxyl groups excluding tert-OH is 1. The van der Waals surface area contributed by atoms with Gasteiger partial charge in [-0.05, 0) is 55.2 Å². The van der Waals surface area contributed by atoms with Gasteiger partial charge in [0.25, 0.3) is 0 Å². The predicted octanol–water partition coefficient (Wildman–Crippen LogP) is 5.18. The maximum Gasteiger partial charge on any atom is 0.404 e. The molecule has 0 spiro atoms. The lowest BCUT2D eigenvalue weighted by molar-refractivity contribution is 0.103. The SMILES string of the molecule is Cc1ccccc1C(=O)c1ccc(Nc2ccccc2CC[C@H](CO)NC(=O)O)cc1Cl. The summed E-state index contributed by atoms with van der Waals surface area (Å²) >= 11 is 6.45. The molecule has 0 saturated carbocycles. The third kappa shape index (κ3) is 5.87. The van der Waals surface area contributed by atoms with Gasteiger partial charge in [0.2, 0.25) is 0 Å². The van der Waals surface area contributed by atoms with Gasteiger partial charge in [-0.2, -0.15) is 0 Å². The number of rotatable bonds is 9. The van der Waals surface area contributed by atoms with Crippen molar-refractivity contribution in [3.63, 3.8) is 0 Å². The molecule has 166 valence electrons. The average Bonchev–Trinajstić information content (AvgIpc) is 2.77. The van der Waals surface area contributed by atoms with Crippen LogP contribution in [0.2, 0.25) is 5.02 Å². The van der Waals surface area contributed by atoms with Gasteiger partial charge < -0.3 is 20.8 Å². The summed E-state index contributed by atoms with van der Waals surface area (Å²) in [6.07, 6.45) is -0.149. The number of hydrogen-bond donors (Lipinski definition) is 4. The summed E-state index contributed by atoms with van der Waals surface area (Å²) in [6, 6.07) is 19.7. The molecule has 1 atom stereocenters. The molecule has 6 nitrogen and oxygen atoms in total. The van der Waals surface area contributed by atoms with Crippen molar-refractivity contribution in [3.8, 4) is 0 Å².